The van der Waals surface area contributed by atoms with Crippen molar-refractivity contribution in [3.05, 3.63) is 0 Å². The highest BCUT2D eigenvalue weighted by Crippen LogP contribution is 1.99. The van der Waals surface area contributed by atoms with Crippen molar-refractivity contribution in [2.75, 3.05) is 7.05 Å². The molecule has 0 radical (unpaired) electrons. The third-order valence-corrected chi connectivity index (χ3v) is 1.34. The molecule has 0 rings (SSSR count). The first kappa shape index (κ1) is 9.43. The van der Waals surface area contributed by atoms with Gasteiger partial charge in [-0.15, -0.1) is 0 Å². The molecule has 0 aromatic heterocycles. The molecule has 0 unspecified atom stereocenters. The van der Waals surface area contributed by atoms with Gasteiger partial charge in [0.15, 0.2) is 0 Å². The van der Waals surface area contributed by atoms with E-state index in [1.807, 2.05) is 0 Å². The number of nitrogens with one attached hydrogen (secondary N) is 2. The molecule has 10 heavy (non-hydrogen) atoms. The van der Waals surface area contributed by atoms with Gasteiger partial charge in [-0.25, -0.2) is 11.0 Å². The van der Waals surface area contributed by atoms with Crippen LogP contribution in [0.25, 0.3) is 0 Å². The van der Waals surface area contributed by atoms with E-state index in [-0.39, 0.29) is 0 Å². The largest absolute Gasteiger partial charge is 0.243 e. The molecular formula is C7H17N3. The van der Waals surface area contributed by atoms with E-state index in [0.29, 0.717) is 5.92 Å². The Balaban J connectivity index is 3.79. The summed E-state index contributed by atoms with van der Waals surface area (Å²) in [6.07, 6.45) is 1.01. The lowest BCUT2D eigenvalue weighted by Crippen LogP contribution is -2.24. The highest BCUT2D eigenvalue weighted by atomic mass is 15.5. The Kier molecular flexibility index (Phi) is 4.94. The fourth-order valence-corrected chi connectivity index (χ4v) is 0.744. The minimum Gasteiger partial charge on any atom is -0.243 e. The fourth-order valence-electron chi connectivity index (χ4n) is 0.744. The van der Waals surface area contributed by atoms with Gasteiger partial charge in [0.2, 0.25) is 0 Å². The number of hydrogen-bond donors (Lipinski definition) is 2. The van der Waals surface area contributed by atoms with Crippen molar-refractivity contribution >= 4 is 5.71 Å². The predicted molar refractivity (Wildman–Crippen MR) is 44.8 cm³/mol. The van der Waals surface area contributed by atoms with Crippen molar-refractivity contribution in [1.29, 1.82) is 0 Å². The number of rotatable bonds is 4. The second-order valence-electron chi connectivity index (χ2n) is 2.47. The van der Waals surface area contributed by atoms with E-state index < -0.39 is 0 Å². The number of nitrogens with zero attached hydrogens (tertiary/aromatic N) is 1. The van der Waals surface area contributed by atoms with Gasteiger partial charge < -0.3 is 0 Å². The molecule has 0 bridgehead atoms. The lowest BCUT2D eigenvalue weighted by molar-refractivity contribution is 0.622. The van der Waals surface area contributed by atoms with Gasteiger partial charge in [-0.2, -0.15) is 5.10 Å². The summed E-state index contributed by atoms with van der Waals surface area (Å²) in [5.41, 5.74) is 6.66. The van der Waals surface area contributed by atoms with Gasteiger partial charge in [-0.05, 0) is 12.3 Å². The van der Waals surface area contributed by atoms with E-state index in [9.17, 15) is 0 Å². The zero-order chi connectivity index (χ0) is 7.98. The highest BCUT2D eigenvalue weighted by Gasteiger charge is 2.00. The molecule has 0 aliphatic rings. The van der Waals surface area contributed by atoms with Crippen LogP contribution in [-0.4, -0.2) is 12.8 Å². The van der Waals surface area contributed by atoms with Gasteiger partial charge in [-0.3, -0.25) is 0 Å². The average molecular weight is 143 g/mol. The first-order chi connectivity index (χ1) is 4.72. The molecule has 60 valence electrons. The van der Waals surface area contributed by atoms with E-state index in [1.54, 1.807) is 7.05 Å². The smallest absolute Gasteiger partial charge is 0.0416 e. The van der Waals surface area contributed by atoms with Crippen LogP contribution in [0, 0.1) is 5.92 Å². The fraction of sp³-hybridized carbons (Fsp3) is 0.857. The van der Waals surface area contributed by atoms with Crippen molar-refractivity contribution in [3.63, 3.8) is 0 Å². The molecule has 0 spiro atoms. The van der Waals surface area contributed by atoms with Crippen LogP contribution in [-0.2, 0) is 0 Å². The molecule has 0 atom stereocenters. The van der Waals surface area contributed by atoms with E-state index in [2.05, 4.69) is 36.8 Å². The van der Waals surface area contributed by atoms with Crippen molar-refractivity contribution in [3.8, 4) is 0 Å². The van der Waals surface area contributed by atoms with Crippen molar-refractivity contribution in [1.82, 2.24) is 11.0 Å². The van der Waals surface area contributed by atoms with Gasteiger partial charge in [0, 0.05) is 12.8 Å². The molecule has 3 nitrogen and oxygen atoms in total. The van der Waals surface area contributed by atoms with E-state index in [4.69, 9.17) is 0 Å². The number of hydrazone groups is 1. The molecule has 0 heterocycles. The van der Waals surface area contributed by atoms with Crippen molar-refractivity contribution < 1.29 is 0 Å². The number of hydrogen-bond acceptors (Lipinski definition) is 3. The number of hydrazine groups is 1. The second-order valence-corrected chi connectivity index (χ2v) is 2.47. The summed E-state index contributed by atoms with van der Waals surface area (Å²) in [7, 11) is 1.80. The summed E-state index contributed by atoms with van der Waals surface area (Å²) in [5.74, 6) is 0.533. The average Bonchev–Trinajstić information content (AvgIpc) is 1.89. The third kappa shape index (κ3) is 3.45. The highest BCUT2D eigenvalue weighted by molar-refractivity contribution is 5.85. The van der Waals surface area contributed by atoms with Crippen LogP contribution in [0.4, 0.5) is 0 Å². The maximum Gasteiger partial charge on any atom is 0.0416 e. The lowest BCUT2D eigenvalue weighted by Gasteiger charge is -2.06. The Hall–Kier alpha value is -0.570. The quantitative estimate of drug-likeness (QED) is 0.457. The maximum atomic E-state index is 4.12. The van der Waals surface area contributed by atoms with Crippen LogP contribution < -0.4 is 11.0 Å². The summed E-state index contributed by atoms with van der Waals surface area (Å²) in [6, 6.07) is 0. The van der Waals surface area contributed by atoms with Gasteiger partial charge in [0.1, 0.15) is 0 Å². The molecule has 0 saturated carbocycles. The minimum atomic E-state index is 0.533. The zero-order valence-electron chi connectivity index (χ0n) is 7.23. The Labute approximate surface area is 62.9 Å². The molecule has 0 aromatic carbocycles. The third-order valence-electron chi connectivity index (χ3n) is 1.34. The summed E-state index contributed by atoms with van der Waals surface area (Å²) in [6.45, 7) is 6.38. The van der Waals surface area contributed by atoms with Crippen molar-refractivity contribution in [2.24, 2.45) is 11.0 Å². The molecule has 3 heteroatoms. The van der Waals surface area contributed by atoms with Gasteiger partial charge in [0.25, 0.3) is 0 Å². The van der Waals surface area contributed by atoms with E-state index in [1.165, 1.54) is 5.71 Å². The van der Waals surface area contributed by atoms with Crippen LogP contribution in [0.2, 0.25) is 0 Å². The summed E-state index contributed by atoms with van der Waals surface area (Å²) in [5, 5.41) is 4.12. The summed E-state index contributed by atoms with van der Waals surface area (Å²) < 4.78 is 0. The Morgan fingerprint density at radius 3 is 2.40 bits per heavy atom. The summed E-state index contributed by atoms with van der Waals surface area (Å²) in [4.78, 5) is 0. The molecule has 0 aliphatic carbocycles. The molecule has 0 aromatic rings. The first-order valence-corrected chi connectivity index (χ1v) is 3.70. The molecule has 0 fully saturated rings. The topological polar surface area (TPSA) is 36.4 Å². The van der Waals surface area contributed by atoms with Crippen LogP contribution in [0.1, 0.15) is 27.2 Å². The van der Waals surface area contributed by atoms with Crippen LogP contribution in [0.15, 0.2) is 5.10 Å². The molecule has 0 amide bonds. The Morgan fingerprint density at radius 2 is 2.10 bits per heavy atom. The van der Waals surface area contributed by atoms with Crippen LogP contribution in [0.3, 0.4) is 0 Å². The van der Waals surface area contributed by atoms with Crippen LogP contribution in [0.5, 0.6) is 0 Å². The van der Waals surface area contributed by atoms with E-state index in [0.717, 1.165) is 6.42 Å². The zero-order valence-corrected chi connectivity index (χ0v) is 7.23. The SMILES string of the molecule is CC/C(=N\NNC)C(C)C. The molecule has 2 N–H and O–H groups in total. The predicted octanol–water partition coefficient (Wildman–Crippen LogP) is 1.13. The van der Waals surface area contributed by atoms with Gasteiger partial charge in [0.05, 0.1) is 0 Å². The van der Waals surface area contributed by atoms with E-state index >= 15 is 0 Å². The van der Waals surface area contributed by atoms with Gasteiger partial charge >= 0.3 is 0 Å². The standard InChI is InChI=1S/C7H17N3/c1-5-7(6(2)3)9-10-8-4/h6,8,10H,5H2,1-4H3/b9-7+. The molecule has 0 saturated heterocycles. The lowest BCUT2D eigenvalue weighted by atomic mass is 10.1. The monoisotopic (exact) mass is 143 g/mol. The first-order valence-electron chi connectivity index (χ1n) is 3.70. The summed E-state index contributed by atoms with van der Waals surface area (Å²) >= 11 is 0. The molecule has 0 aliphatic heterocycles. The maximum absolute atomic E-state index is 4.12. The second kappa shape index (κ2) is 5.23. The minimum absolute atomic E-state index is 0.533. The Bertz CT molecular complexity index is 107. The molecular weight excluding hydrogens is 126 g/mol. The Morgan fingerprint density at radius 1 is 1.50 bits per heavy atom. The van der Waals surface area contributed by atoms with Crippen LogP contribution >= 0.6 is 0 Å². The van der Waals surface area contributed by atoms with Gasteiger partial charge in [-0.1, -0.05) is 20.8 Å². The normalized spacial score (nSPS) is 12.3. The van der Waals surface area contributed by atoms with Crippen molar-refractivity contribution in [2.45, 2.75) is 27.2 Å².